The lowest BCUT2D eigenvalue weighted by molar-refractivity contribution is -0.130. The molecule has 0 fully saturated rings. The van der Waals surface area contributed by atoms with Gasteiger partial charge in [0.1, 0.15) is 16.7 Å². The molecule has 0 saturated carbocycles. The Morgan fingerprint density at radius 1 is 1.27 bits per heavy atom. The number of benzene rings is 1. The van der Waals surface area contributed by atoms with Crippen molar-refractivity contribution in [2.45, 2.75) is 57.6 Å². The molecule has 8 nitrogen and oxygen atoms in total. The minimum absolute atomic E-state index is 0.0292. The molecule has 0 aliphatic carbocycles. The van der Waals surface area contributed by atoms with E-state index in [0.29, 0.717) is 17.2 Å². The van der Waals surface area contributed by atoms with Gasteiger partial charge < -0.3 is 14.7 Å². The third-order valence-corrected chi connectivity index (χ3v) is 8.37. The van der Waals surface area contributed by atoms with Crippen LogP contribution >= 0.6 is 0 Å². The van der Waals surface area contributed by atoms with Crippen molar-refractivity contribution in [3.8, 4) is 17.6 Å². The van der Waals surface area contributed by atoms with Crippen molar-refractivity contribution in [3.63, 3.8) is 0 Å². The van der Waals surface area contributed by atoms with E-state index in [1.54, 1.807) is 49.3 Å². The van der Waals surface area contributed by atoms with E-state index in [1.807, 2.05) is 13.0 Å². The number of nitrogens with zero attached hydrogens (tertiary/aromatic N) is 3. The Kier molecular flexibility index (Phi) is 9.71. The number of aromatic nitrogens is 1. The minimum atomic E-state index is -3.94. The second-order valence-corrected chi connectivity index (χ2v) is 11.9. The zero-order valence-corrected chi connectivity index (χ0v) is 23.0. The van der Waals surface area contributed by atoms with Crippen molar-refractivity contribution in [1.29, 1.82) is 0 Å². The van der Waals surface area contributed by atoms with Crippen LogP contribution in [0.5, 0.6) is 5.75 Å². The fraction of sp³-hybridized carbons (Fsp3) is 0.500. The summed E-state index contributed by atoms with van der Waals surface area (Å²) in [7, 11) is -2.23. The fourth-order valence-electron chi connectivity index (χ4n) is 4.04. The average Bonchev–Trinajstić information content (AvgIpc) is 2.86. The van der Waals surface area contributed by atoms with Gasteiger partial charge in [-0.15, -0.1) is 0 Å². The van der Waals surface area contributed by atoms with E-state index in [9.17, 15) is 18.3 Å². The number of hydrogen-bond donors (Lipinski definition) is 1. The number of carbonyl (C=O) groups is 1. The lowest BCUT2D eigenvalue weighted by atomic mass is 10.0. The quantitative estimate of drug-likeness (QED) is 0.556. The summed E-state index contributed by atoms with van der Waals surface area (Å²) in [5, 5.41) is 9.81. The number of pyridine rings is 1. The molecule has 9 heteroatoms. The number of aliphatic hydroxyl groups excluding tert-OH is 1. The Balaban J connectivity index is 1.95. The molecular weight excluding hydrogens is 490 g/mol. The molecule has 200 valence electrons. The molecule has 0 radical (unpaired) electrons. The van der Waals surface area contributed by atoms with Crippen LogP contribution in [0.4, 0.5) is 0 Å². The van der Waals surface area contributed by atoms with Crippen molar-refractivity contribution in [2.24, 2.45) is 11.8 Å². The van der Waals surface area contributed by atoms with E-state index < -0.39 is 22.2 Å². The molecule has 2 aromatic rings. The third kappa shape index (κ3) is 7.31. The standard InChI is InChI=1S/C28H37N3O5S/c1-20(2)9-8-10-23-12-13-27-25(15-23)36-26(21(3)17-31(22(4)19-32)37(27,34)35)18-30(5)28(33)16-24-11-6-7-14-29-24/h6-7,11-15,20-22,26,32H,9,16-19H2,1-5H3/t21-,22-,26-/m0/s1. The molecule has 2 heterocycles. The Bertz CT molecular complexity index is 1240. The van der Waals surface area contributed by atoms with E-state index in [-0.39, 0.29) is 48.6 Å². The topological polar surface area (TPSA) is 100 Å². The summed E-state index contributed by atoms with van der Waals surface area (Å²) in [5.74, 6) is 6.47. The molecule has 1 amide bonds. The van der Waals surface area contributed by atoms with E-state index in [0.717, 1.165) is 6.42 Å². The molecule has 1 aromatic carbocycles. The van der Waals surface area contributed by atoms with Crippen LogP contribution in [0.15, 0.2) is 47.5 Å². The fourth-order valence-corrected chi connectivity index (χ4v) is 5.87. The van der Waals surface area contributed by atoms with Gasteiger partial charge >= 0.3 is 0 Å². The van der Waals surface area contributed by atoms with Crippen LogP contribution in [0.25, 0.3) is 0 Å². The average molecular weight is 528 g/mol. The van der Waals surface area contributed by atoms with Crippen LogP contribution in [0.3, 0.4) is 0 Å². The molecule has 3 atom stereocenters. The zero-order valence-electron chi connectivity index (χ0n) is 22.2. The lowest BCUT2D eigenvalue weighted by Gasteiger charge is -2.37. The van der Waals surface area contributed by atoms with Gasteiger partial charge in [0, 0.05) is 49.4 Å². The third-order valence-electron chi connectivity index (χ3n) is 6.35. The molecule has 0 bridgehead atoms. The Morgan fingerprint density at radius 2 is 2.03 bits per heavy atom. The number of sulfonamides is 1. The number of aliphatic hydroxyl groups is 1. The number of hydrogen-bond acceptors (Lipinski definition) is 6. The number of carbonyl (C=O) groups excluding carboxylic acids is 1. The summed E-state index contributed by atoms with van der Waals surface area (Å²) in [4.78, 5) is 18.8. The molecule has 0 spiro atoms. The van der Waals surface area contributed by atoms with E-state index in [2.05, 4.69) is 30.7 Å². The lowest BCUT2D eigenvalue weighted by Crippen LogP contribution is -2.50. The van der Waals surface area contributed by atoms with Gasteiger partial charge in [-0.1, -0.05) is 38.7 Å². The van der Waals surface area contributed by atoms with Crippen molar-refractivity contribution in [2.75, 3.05) is 26.7 Å². The van der Waals surface area contributed by atoms with Gasteiger partial charge in [0.05, 0.1) is 19.6 Å². The highest BCUT2D eigenvalue weighted by molar-refractivity contribution is 7.89. The second kappa shape index (κ2) is 12.5. The SMILES string of the molecule is CC(C)CC#Cc1ccc2c(c1)O[C@@H](CN(C)C(=O)Cc1ccccn1)[C@@H](C)CN([C@@H](C)CO)S2(=O)=O. The number of amides is 1. The maximum Gasteiger partial charge on any atom is 0.247 e. The van der Waals surface area contributed by atoms with Gasteiger partial charge in [-0.2, -0.15) is 4.31 Å². The smallest absolute Gasteiger partial charge is 0.247 e. The van der Waals surface area contributed by atoms with E-state index in [1.165, 1.54) is 10.4 Å². The first kappa shape index (κ1) is 28.6. The van der Waals surface area contributed by atoms with Crippen LogP contribution in [0, 0.1) is 23.7 Å². The largest absolute Gasteiger partial charge is 0.487 e. The Labute approximate surface area is 220 Å². The van der Waals surface area contributed by atoms with Crippen molar-refractivity contribution in [3.05, 3.63) is 53.9 Å². The summed E-state index contributed by atoms with van der Waals surface area (Å²) in [6, 6.07) is 9.68. The van der Waals surface area contributed by atoms with Gasteiger partial charge in [0.2, 0.25) is 15.9 Å². The van der Waals surface area contributed by atoms with Gasteiger partial charge in [0.25, 0.3) is 0 Å². The molecule has 0 saturated heterocycles. The highest BCUT2D eigenvalue weighted by atomic mass is 32.2. The van der Waals surface area contributed by atoms with Gasteiger partial charge in [-0.25, -0.2) is 8.42 Å². The van der Waals surface area contributed by atoms with Crippen LogP contribution in [-0.2, 0) is 21.2 Å². The van der Waals surface area contributed by atoms with Crippen molar-refractivity contribution < 1.29 is 23.1 Å². The maximum atomic E-state index is 13.6. The predicted molar refractivity (Wildman–Crippen MR) is 142 cm³/mol. The summed E-state index contributed by atoms with van der Waals surface area (Å²) >= 11 is 0. The van der Waals surface area contributed by atoms with Crippen LogP contribution < -0.4 is 4.74 Å². The monoisotopic (exact) mass is 527 g/mol. The summed E-state index contributed by atoms with van der Waals surface area (Å²) < 4.78 is 34.9. The van der Waals surface area contributed by atoms with Crippen molar-refractivity contribution in [1.82, 2.24) is 14.2 Å². The molecular formula is C28H37N3O5S. The summed E-state index contributed by atoms with van der Waals surface area (Å²) in [6.45, 7) is 7.83. The van der Waals surface area contributed by atoms with Gasteiger partial charge in [-0.3, -0.25) is 9.78 Å². The molecule has 1 aliphatic rings. The molecule has 1 aromatic heterocycles. The minimum Gasteiger partial charge on any atom is -0.487 e. The first-order valence-electron chi connectivity index (χ1n) is 12.6. The van der Waals surface area contributed by atoms with Crippen LogP contribution in [-0.4, -0.2) is 72.5 Å². The summed E-state index contributed by atoms with van der Waals surface area (Å²) in [6.07, 6.45) is 2.05. The van der Waals surface area contributed by atoms with Crippen LogP contribution in [0.2, 0.25) is 0 Å². The Hall–Kier alpha value is -2.93. The Morgan fingerprint density at radius 3 is 2.68 bits per heavy atom. The second-order valence-electron chi connectivity index (χ2n) is 10.1. The normalized spacial score (nSPS) is 20.0. The maximum absolute atomic E-state index is 13.6. The van der Waals surface area contributed by atoms with E-state index in [4.69, 9.17) is 4.74 Å². The number of ether oxygens (including phenoxy) is 1. The molecule has 1 aliphatic heterocycles. The molecule has 3 rings (SSSR count). The van der Waals surface area contributed by atoms with E-state index >= 15 is 0 Å². The first-order chi connectivity index (χ1) is 17.5. The zero-order chi connectivity index (χ0) is 27.2. The molecule has 37 heavy (non-hydrogen) atoms. The highest BCUT2D eigenvalue weighted by Gasteiger charge is 2.38. The van der Waals surface area contributed by atoms with Gasteiger partial charge in [-0.05, 0) is 43.2 Å². The van der Waals surface area contributed by atoms with Crippen LogP contribution in [0.1, 0.15) is 45.4 Å². The number of fused-ring (bicyclic) bond motifs is 1. The number of likely N-dealkylation sites (N-methyl/N-ethyl adjacent to an activating group) is 1. The van der Waals surface area contributed by atoms with Crippen molar-refractivity contribution >= 4 is 15.9 Å². The number of rotatable bonds is 7. The molecule has 0 unspecified atom stereocenters. The highest BCUT2D eigenvalue weighted by Crippen LogP contribution is 2.34. The summed E-state index contributed by atoms with van der Waals surface area (Å²) in [5.41, 5.74) is 1.33. The molecule has 1 N–H and O–H groups in total. The predicted octanol–water partition coefficient (Wildman–Crippen LogP) is 2.95. The van der Waals surface area contributed by atoms with Gasteiger partial charge in [0.15, 0.2) is 0 Å². The first-order valence-corrected chi connectivity index (χ1v) is 14.0.